The molecule has 6 unspecified atom stereocenters. The predicted molar refractivity (Wildman–Crippen MR) is 221 cm³/mol. The van der Waals surface area contributed by atoms with Gasteiger partial charge in [-0.1, -0.05) is 38.5 Å². The van der Waals surface area contributed by atoms with Crippen LogP contribution in [0.4, 0.5) is 0 Å². The lowest BCUT2D eigenvalue weighted by Gasteiger charge is -2.46. The molecule has 51 heavy (non-hydrogen) atoms. The van der Waals surface area contributed by atoms with Crippen molar-refractivity contribution in [3.05, 3.63) is 0 Å². The molecule has 298 valence electrons. The molecule has 0 radical (unpaired) electrons. The van der Waals surface area contributed by atoms with Crippen LogP contribution in [0.1, 0.15) is 158 Å². The summed E-state index contributed by atoms with van der Waals surface area (Å²) >= 11 is 0. The van der Waals surface area contributed by atoms with Crippen molar-refractivity contribution in [1.29, 1.82) is 0 Å². The van der Waals surface area contributed by atoms with Crippen LogP contribution in [0, 0.1) is 17.8 Å². The van der Waals surface area contributed by atoms with E-state index in [1.54, 1.807) is 0 Å². The van der Waals surface area contributed by atoms with Gasteiger partial charge in [0.25, 0.3) is 0 Å². The SMILES string of the molecule is CC(C)N1CCC2CCCCC2C1.CC(C)N1CCCC2CCCCC21.CC(C)N1CCN2CCCC2C1.CC(C)N1CCN2CCCCC2C1. The van der Waals surface area contributed by atoms with E-state index in [-0.39, 0.29) is 0 Å². The first kappa shape index (κ1) is 41.9. The average Bonchev–Trinajstić information content (AvgIpc) is 3.63. The topological polar surface area (TPSA) is 19.4 Å². The van der Waals surface area contributed by atoms with Crippen LogP contribution in [-0.2, 0) is 0 Å². The molecule has 0 aromatic rings. The highest BCUT2D eigenvalue weighted by molar-refractivity contribution is 4.90. The molecule has 8 rings (SSSR count). The Morgan fingerprint density at radius 2 is 0.804 bits per heavy atom. The summed E-state index contributed by atoms with van der Waals surface area (Å²) in [6, 6.07) is 5.74. The van der Waals surface area contributed by atoms with Crippen molar-refractivity contribution in [2.45, 2.75) is 200 Å². The van der Waals surface area contributed by atoms with E-state index in [0.717, 1.165) is 60.0 Å². The summed E-state index contributed by atoms with van der Waals surface area (Å²) in [4.78, 5) is 16.0. The van der Waals surface area contributed by atoms with Crippen molar-refractivity contribution in [3.63, 3.8) is 0 Å². The summed E-state index contributed by atoms with van der Waals surface area (Å²) in [7, 11) is 0. The Morgan fingerprint density at radius 1 is 0.333 bits per heavy atom. The lowest BCUT2D eigenvalue weighted by atomic mass is 9.75. The fourth-order valence-corrected chi connectivity index (χ4v) is 11.5. The third-order valence-electron chi connectivity index (χ3n) is 15.0. The fourth-order valence-electron chi connectivity index (χ4n) is 11.5. The number of likely N-dealkylation sites (tertiary alicyclic amines) is 2. The summed E-state index contributed by atoms with van der Waals surface area (Å²) < 4.78 is 0. The lowest BCUT2D eigenvalue weighted by Crippen LogP contribution is -2.56. The molecule has 0 aromatic heterocycles. The quantitative estimate of drug-likeness (QED) is 0.289. The number of piperazine rings is 2. The smallest absolute Gasteiger partial charge is 0.0224 e. The number of nitrogens with zero attached hydrogens (tertiary/aromatic N) is 6. The molecule has 2 saturated carbocycles. The first-order valence-electron chi connectivity index (χ1n) is 23.1. The van der Waals surface area contributed by atoms with Gasteiger partial charge < -0.3 is 4.90 Å². The zero-order valence-electron chi connectivity index (χ0n) is 35.5. The van der Waals surface area contributed by atoms with Gasteiger partial charge in [0.05, 0.1) is 0 Å². The first-order valence-corrected chi connectivity index (χ1v) is 23.1. The molecule has 0 amide bonds. The number of piperidine rings is 3. The maximum atomic E-state index is 2.76. The van der Waals surface area contributed by atoms with E-state index in [1.807, 2.05) is 0 Å². The van der Waals surface area contributed by atoms with Crippen LogP contribution in [0.3, 0.4) is 0 Å². The van der Waals surface area contributed by atoms with Gasteiger partial charge >= 0.3 is 0 Å². The molecule has 0 N–H and O–H groups in total. The second-order valence-electron chi connectivity index (χ2n) is 19.5. The van der Waals surface area contributed by atoms with Gasteiger partial charge in [0, 0.05) is 88.1 Å². The van der Waals surface area contributed by atoms with E-state index in [4.69, 9.17) is 0 Å². The molecule has 8 aliphatic rings. The van der Waals surface area contributed by atoms with Gasteiger partial charge in [-0.25, -0.2) is 0 Å². The molecule has 6 nitrogen and oxygen atoms in total. The van der Waals surface area contributed by atoms with Gasteiger partial charge in [0.15, 0.2) is 0 Å². The summed E-state index contributed by atoms with van der Waals surface area (Å²) in [6.45, 7) is 33.3. The Balaban J connectivity index is 0.000000132. The summed E-state index contributed by atoms with van der Waals surface area (Å²) in [6.07, 6.45) is 23.6. The van der Waals surface area contributed by atoms with Crippen LogP contribution in [0.2, 0.25) is 0 Å². The van der Waals surface area contributed by atoms with Crippen molar-refractivity contribution in [1.82, 2.24) is 29.4 Å². The molecule has 6 heterocycles. The number of hydrogen-bond donors (Lipinski definition) is 0. The molecule has 0 bridgehead atoms. The Hall–Kier alpha value is -0.240. The molecule has 0 spiro atoms. The van der Waals surface area contributed by atoms with Gasteiger partial charge in [-0.2, -0.15) is 0 Å². The minimum atomic E-state index is 0.740. The maximum absolute atomic E-state index is 2.76. The van der Waals surface area contributed by atoms with Crippen LogP contribution >= 0.6 is 0 Å². The van der Waals surface area contributed by atoms with Crippen LogP contribution in [0.25, 0.3) is 0 Å². The normalized spacial score (nSPS) is 34.4. The van der Waals surface area contributed by atoms with Gasteiger partial charge in [0.1, 0.15) is 0 Å². The van der Waals surface area contributed by atoms with Crippen LogP contribution < -0.4 is 0 Å². The van der Waals surface area contributed by atoms with E-state index in [2.05, 4.69) is 84.8 Å². The molecule has 6 aliphatic heterocycles. The Bertz CT molecular complexity index is 910. The molecule has 8 fully saturated rings. The molecule has 6 atom stereocenters. The minimum absolute atomic E-state index is 0.740. The Morgan fingerprint density at radius 3 is 1.41 bits per heavy atom. The van der Waals surface area contributed by atoms with Gasteiger partial charge in [0.2, 0.25) is 0 Å². The highest BCUT2D eigenvalue weighted by Gasteiger charge is 2.35. The minimum Gasteiger partial charge on any atom is -0.301 e. The van der Waals surface area contributed by atoms with E-state index >= 15 is 0 Å². The van der Waals surface area contributed by atoms with Gasteiger partial charge in [-0.15, -0.1) is 0 Å². The molecule has 6 heteroatoms. The monoisotopic (exact) mass is 713 g/mol. The summed E-state index contributed by atoms with van der Waals surface area (Å²) in [5.74, 6) is 3.18. The predicted octanol–water partition coefficient (Wildman–Crippen LogP) is 8.70. The second-order valence-corrected chi connectivity index (χ2v) is 19.5. The number of rotatable bonds is 4. The Kier molecular flexibility index (Phi) is 17.4. The summed E-state index contributed by atoms with van der Waals surface area (Å²) in [5, 5.41) is 0. The van der Waals surface area contributed by atoms with E-state index in [0.29, 0.717) is 0 Å². The van der Waals surface area contributed by atoms with Crippen molar-refractivity contribution in [2.24, 2.45) is 17.8 Å². The van der Waals surface area contributed by atoms with Crippen molar-refractivity contribution in [2.75, 3.05) is 72.0 Å². The Labute approximate surface area is 318 Å². The second kappa shape index (κ2) is 21.2. The third-order valence-corrected chi connectivity index (χ3v) is 15.0. The fraction of sp³-hybridized carbons (Fsp3) is 1.00. The van der Waals surface area contributed by atoms with Crippen LogP contribution in [-0.4, -0.2) is 144 Å². The van der Waals surface area contributed by atoms with Crippen molar-refractivity contribution < 1.29 is 0 Å². The van der Waals surface area contributed by atoms with Gasteiger partial charge in [-0.3, -0.25) is 24.5 Å². The molecule has 0 aromatic carbocycles. The lowest BCUT2D eigenvalue weighted by molar-refractivity contribution is 0.0348. The maximum Gasteiger partial charge on any atom is 0.0224 e. The molecular formula is C45H88N6. The van der Waals surface area contributed by atoms with Crippen LogP contribution in [0.15, 0.2) is 0 Å². The molecule has 2 aliphatic carbocycles. The van der Waals surface area contributed by atoms with E-state index in [9.17, 15) is 0 Å². The van der Waals surface area contributed by atoms with Gasteiger partial charge in [-0.05, 0) is 164 Å². The number of fused-ring (bicyclic) bond motifs is 4. The zero-order chi connectivity index (χ0) is 36.3. The third kappa shape index (κ3) is 12.4. The largest absolute Gasteiger partial charge is 0.301 e. The highest BCUT2D eigenvalue weighted by Crippen LogP contribution is 2.37. The molecular weight excluding hydrogens is 625 g/mol. The summed E-state index contributed by atoms with van der Waals surface area (Å²) in [5.41, 5.74) is 0. The van der Waals surface area contributed by atoms with Crippen LogP contribution in [0.5, 0.6) is 0 Å². The van der Waals surface area contributed by atoms with E-state index in [1.165, 1.54) is 175 Å². The molecule has 6 saturated heterocycles. The highest BCUT2D eigenvalue weighted by atomic mass is 15.3. The first-order chi connectivity index (χ1) is 24.6. The number of hydrogen-bond acceptors (Lipinski definition) is 6. The average molecular weight is 713 g/mol. The van der Waals surface area contributed by atoms with Crippen molar-refractivity contribution >= 4 is 0 Å². The standard InChI is InChI=1S/2C12H23N.C11H22N2.C10H20N2/c1-10(2)13-9-5-7-11-6-3-4-8-12(11)13;1-10(2)13-8-7-11-5-3-4-6-12(11)9-13;1-10(2)13-8-7-12-6-4-3-5-11(12)9-13;1-9(2)12-7-6-11-5-3-4-10(11)8-12/h2*10-12H,3-9H2,1-2H3;10-11H,3-9H2,1-2H3;9-10H,3-8H2,1-2H3. The zero-order valence-corrected chi connectivity index (χ0v) is 35.5. The van der Waals surface area contributed by atoms with E-state index < -0.39 is 0 Å². The van der Waals surface area contributed by atoms with Crippen molar-refractivity contribution in [3.8, 4) is 0 Å².